The van der Waals surface area contributed by atoms with Crippen LogP contribution in [-0.4, -0.2) is 28.1 Å². The van der Waals surface area contributed by atoms with Crippen molar-refractivity contribution >= 4 is 5.91 Å². The van der Waals surface area contributed by atoms with Gasteiger partial charge in [-0.1, -0.05) is 0 Å². The Kier molecular flexibility index (Phi) is 4.90. The molecule has 5 nitrogen and oxygen atoms in total. The highest BCUT2D eigenvalue weighted by atomic mass is 16.5. The van der Waals surface area contributed by atoms with Crippen LogP contribution in [0.15, 0.2) is 18.3 Å². The number of nitrogens with one attached hydrogen (secondary N) is 1. The summed E-state index contributed by atoms with van der Waals surface area (Å²) in [5.74, 6) is 0.347. The second-order valence-corrected chi connectivity index (χ2v) is 4.07. The molecule has 17 heavy (non-hydrogen) atoms. The van der Waals surface area contributed by atoms with Crippen LogP contribution < -0.4 is 10.1 Å². The molecule has 0 fully saturated rings. The fourth-order valence-electron chi connectivity index (χ4n) is 1.23. The molecule has 0 aliphatic carbocycles. The maximum Gasteiger partial charge on any atom is 0.260 e. The summed E-state index contributed by atoms with van der Waals surface area (Å²) in [4.78, 5) is 15.5. The van der Waals surface area contributed by atoms with Gasteiger partial charge in [-0.15, -0.1) is 0 Å². The third-order valence-electron chi connectivity index (χ3n) is 2.07. The number of carbonyl (C=O) groups is 1. The smallest absolute Gasteiger partial charge is 0.260 e. The Morgan fingerprint density at radius 3 is 2.65 bits per heavy atom. The van der Waals surface area contributed by atoms with Crippen molar-refractivity contribution in [2.45, 2.75) is 39.5 Å². The van der Waals surface area contributed by atoms with Crippen molar-refractivity contribution in [1.82, 2.24) is 10.3 Å². The molecule has 0 spiro atoms. The van der Waals surface area contributed by atoms with Crippen LogP contribution in [0.2, 0.25) is 0 Å². The van der Waals surface area contributed by atoms with Crippen molar-refractivity contribution in [2.75, 3.05) is 0 Å². The minimum atomic E-state index is -0.570. The SMILES string of the molecule is CC(C)NC(=O)C(C)Oc1ccc(CO)nc1. The van der Waals surface area contributed by atoms with Gasteiger partial charge in [0.05, 0.1) is 18.5 Å². The molecule has 1 heterocycles. The first-order valence-corrected chi connectivity index (χ1v) is 5.55. The minimum absolute atomic E-state index is 0.0865. The maximum atomic E-state index is 11.6. The molecule has 0 aliphatic rings. The Hall–Kier alpha value is -1.62. The Bertz CT molecular complexity index is 363. The summed E-state index contributed by atoms with van der Waals surface area (Å²) >= 11 is 0. The van der Waals surface area contributed by atoms with Crippen molar-refractivity contribution in [3.8, 4) is 5.75 Å². The highest BCUT2D eigenvalue weighted by molar-refractivity contribution is 5.80. The number of aliphatic hydroxyl groups excluding tert-OH is 1. The quantitative estimate of drug-likeness (QED) is 0.798. The van der Waals surface area contributed by atoms with Crippen LogP contribution in [-0.2, 0) is 11.4 Å². The van der Waals surface area contributed by atoms with Crippen LogP contribution in [0, 0.1) is 0 Å². The van der Waals surface area contributed by atoms with Crippen LogP contribution in [0.5, 0.6) is 5.75 Å². The third-order valence-corrected chi connectivity index (χ3v) is 2.07. The van der Waals surface area contributed by atoms with Crippen molar-refractivity contribution in [2.24, 2.45) is 0 Å². The summed E-state index contributed by atoms with van der Waals surface area (Å²) in [5.41, 5.74) is 0.566. The van der Waals surface area contributed by atoms with Gasteiger partial charge in [0.15, 0.2) is 6.10 Å². The number of ether oxygens (including phenoxy) is 1. The molecule has 1 aromatic heterocycles. The van der Waals surface area contributed by atoms with Gasteiger partial charge >= 0.3 is 0 Å². The molecule has 0 saturated carbocycles. The highest BCUT2D eigenvalue weighted by Crippen LogP contribution is 2.11. The zero-order valence-electron chi connectivity index (χ0n) is 10.3. The number of hydrogen-bond acceptors (Lipinski definition) is 4. The molecule has 1 atom stereocenters. The summed E-state index contributed by atoms with van der Waals surface area (Å²) in [6.07, 6.45) is 0.921. The van der Waals surface area contributed by atoms with Gasteiger partial charge in [0.2, 0.25) is 0 Å². The van der Waals surface area contributed by atoms with E-state index in [4.69, 9.17) is 9.84 Å². The third kappa shape index (κ3) is 4.40. The zero-order chi connectivity index (χ0) is 12.8. The Balaban J connectivity index is 2.55. The van der Waals surface area contributed by atoms with E-state index < -0.39 is 6.10 Å². The summed E-state index contributed by atoms with van der Waals surface area (Å²) in [6, 6.07) is 3.42. The highest BCUT2D eigenvalue weighted by Gasteiger charge is 2.15. The number of aromatic nitrogens is 1. The first-order chi connectivity index (χ1) is 8.02. The number of pyridine rings is 1. The Labute approximate surface area is 101 Å². The molecule has 0 aliphatic heterocycles. The average molecular weight is 238 g/mol. The molecular weight excluding hydrogens is 220 g/mol. The molecular formula is C12H18N2O3. The second-order valence-electron chi connectivity index (χ2n) is 4.07. The number of hydrogen-bond donors (Lipinski definition) is 2. The van der Waals surface area contributed by atoms with E-state index in [0.717, 1.165) is 0 Å². The molecule has 1 unspecified atom stereocenters. The van der Waals surface area contributed by atoms with Crippen molar-refractivity contribution in [3.63, 3.8) is 0 Å². The lowest BCUT2D eigenvalue weighted by Gasteiger charge is -2.16. The summed E-state index contributed by atoms with van der Waals surface area (Å²) < 4.78 is 5.42. The van der Waals surface area contributed by atoms with Crippen molar-refractivity contribution in [3.05, 3.63) is 24.0 Å². The van der Waals surface area contributed by atoms with E-state index in [1.807, 2.05) is 13.8 Å². The van der Waals surface area contributed by atoms with E-state index in [0.29, 0.717) is 11.4 Å². The topological polar surface area (TPSA) is 71.5 Å². The van der Waals surface area contributed by atoms with Gasteiger partial charge in [0, 0.05) is 6.04 Å². The van der Waals surface area contributed by atoms with E-state index in [1.165, 1.54) is 6.20 Å². The van der Waals surface area contributed by atoms with Gasteiger partial charge in [0.25, 0.3) is 5.91 Å². The van der Waals surface area contributed by atoms with E-state index >= 15 is 0 Å². The van der Waals surface area contributed by atoms with Gasteiger partial charge in [-0.3, -0.25) is 9.78 Å². The molecule has 0 aromatic carbocycles. The molecule has 0 bridgehead atoms. The predicted octanol–water partition coefficient (Wildman–Crippen LogP) is 0.866. The first kappa shape index (κ1) is 13.4. The standard InChI is InChI=1S/C12H18N2O3/c1-8(2)14-12(16)9(3)17-11-5-4-10(7-15)13-6-11/h4-6,8-9,15H,7H2,1-3H3,(H,14,16). The summed E-state index contributed by atoms with van der Waals surface area (Å²) in [5, 5.41) is 11.6. The van der Waals surface area contributed by atoms with Crippen molar-refractivity contribution < 1.29 is 14.6 Å². The van der Waals surface area contributed by atoms with Crippen molar-refractivity contribution in [1.29, 1.82) is 0 Å². The van der Waals surface area contributed by atoms with Gasteiger partial charge < -0.3 is 15.2 Å². The van der Waals surface area contributed by atoms with Gasteiger partial charge in [0.1, 0.15) is 5.75 Å². The fraction of sp³-hybridized carbons (Fsp3) is 0.500. The lowest BCUT2D eigenvalue weighted by atomic mass is 10.3. The number of amides is 1. The average Bonchev–Trinajstić information content (AvgIpc) is 2.29. The Morgan fingerprint density at radius 2 is 2.18 bits per heavy atom. The van der Waals surface area contributed by atoms with Crippen LogP contribution in [0.3, 0.4) is 0 Å². The van der Waals surface area contributed by atoms with Crippen LogP contribution in [0.25, 0.3) is 0 Å². The fourth-order valence-corrected chi connectivity index (χ4v) is 1.23. The van der Waals surface area contributed by atoms with Gasteiger partial charge in [-0.25, -0.2) is 0 Å². The minimum Gasteiger partial charge on any atom is -0.479 e. The molecule has 5 heteroatoms. The molecule has 0 saturated heterocycles. The predicted molar refractivity (Wildman–Crippen MR) is 63.5 cm³/mol. The molecule has 0 radical (unpaired) electrons. The van der Waals surface area contributed by atoms with E-state index in [2.05, 4.69) is 10.3 Å². The Morgan fingerprint density at radius 1 is 1.47 bits per heavy atom. The lowest BCUT2D eigenvalue weighted by Crippen LogP contribution is -2.40. The molecule has 1 rings (SSSR count). The molecule has 2 N–H and O–H groups in total. The summed E-state index contributed by atoms with van der Waals surface area (Å²) in [7, 11) is 0. The van der Waals surface area contributed by atoms with E-state index in [-0.39, 0.29) is 18.6 Å². The van der Waals surface area contributed by atoms with Gasteiger partial charge in [-0.05, 0) is 32.9 Å². The number of carbonyl (C=O) groups excluding carboxylic acids is 1. The number of aliphatic hydroxyl groups is 1. The lowest BCUT2D eigenvalue weighted by molar-refractivity contribution is -0.127. The van der Waals surface area contributed by atoms with E-state index in [1.54, 1.807) is 19.1 Å². The second kappa shape index (κ2) is 6.20. The summed E-state index contributed by atoms with van der Waals surface area (Å²) in [6.45, 7) is 5.35. The van der Waals surface area contributed by atoms with Crippen LogP contribution in [0.4, 0.5) is 0 Å². The molecule has 1 amide bonds. The van der Waals surface area contributed by atoms with E-state index in [9.17, 15) is 4.79 Å². The zero-order valence-corrected chi connectivity index (χ0v) is 10.3. The number of nitrogens with zero attached hydrogens (tertiary/aromatic N) is 1. The molecule has 94 valence electrons. The number of rotatable bonds is 5. The monoisotopic (exact) mass is 238 g/mol. The maximum absolute atomic E-state index is 11.6. The molecule has 1 aromatic rings. The largest absolute Gasteiger partial charge is 0.479 e. The van der Waals surface area contributed by atoms with Crippen LogP contribution >= 0.6 is 0 Å². The van der Waals surface area contributed by atoms with Gasteiger partial charge in [-0.2, -0.15) is 0 Å². The normalized spacial score (nSPS) is 12.3. The van der Waals surface area contributed by atoms with Crippen LogP contribution in [0.1, 0.15) is 26.5 Å². The first-order valence-electron chi connectivity index (χ1n) is 5.55.